The maximum Gasteiger partial charge on any atom is 1.00 e. The molecular formula is C10H19KO3. The molecular weight excluding hydrogens is 207 g/mol. The van der Waals surface area contributed by atoms with Gasteiger partial charge in [0.2, 0.25) is 0 Å². The molecule has 0 aromatic rings. The molecule has 0 N–H and O–H groups in total. The van der Waals surface area contributed by atoms with Gasteiger partial charge in [0.05, 0.1) is 0 Å². The van der Waals surface area contributed by atoms with E-state index in [1.807, 2.05) is 0 Å². The summed E-state index contributed by atoms with van der Waals surface area (Å²) in [6.07, 6.45) is 8.31. The van der Waals surface area contributed by atoms with E-state index in [0.717, 1.165) is 19.3 Å². The molecule has 0 unspecified atom stereocenters. The van der Waals surface area contributed by atoms with Gasteiger partial charge in [-0.25, -0.2) is 0 Å². The summed E-state index contributed by atoms with van der Waals surface area (Å²) in [6, 6.07) is 0. The van der Waals surface area contributed by atoms with Crippen LogP contribution >= 0.6 is 0 Å². The summed E-state index contributed by atoms with van der Waals surface area (Å²) < 4.78 is 0. The Hall–Kier alpha value is 1.07. The van der Waals surface area contributed by atoms with Crippen LogP contribution in [0.1, 0.15) is 58.3 Å². The van der Waals surface area contributed by atoms with Gasteiger partial charge in [-0.05, 0) is 6.42 Å². The normalized spacial score (nSPS) is 9.29. The molecule has 0 fully saturated rings. The SMILES string of the molecule is CCCCCCCCCC(=O)O[O-].[K+]. The minimum atomic E-state index is -0.631. The van der Waals surface area contributed by atoms with E-state index in [0.29, 0.717) is 0 Å². The molecule has 0 amide bonds. The van der Waals surface area contributed by atoms with Gasteiger partial charge in [-0.2, -0.15) is 0 Å². The van der Waals surface area contributed by atoms with Crippen molar-refractivity contribution in [3.63, 3.8) is 0 Å². The molecule has 0 aliphatic rings. The number of unbranched alkanes of at least 4 members (excludes halogenated alkanes) is 6. The van der Waals surface area contributed by atoms with Crippen molar-refractivity contribution in [2.75, 3.05) is 0 Å². The van der Waals surface area contributed by atoms with Crippen LogP contribution in [0, 0.1) is 0 Å². The van der Waals surface area contributed by atoms with Crippen LogP contribution in [0.2, 0.25) is 0 Å². The molecule has 0 rings (SSSR count). The average Bonchev–Trinajstić information content (AvgIpc) is 2.16. The van der Waals surface area contributed by atoms with Crippen molar-refractivity contribution in [1.82, 2.24) is 0 Å². The van der Waals surface area contributed by atoms with E-state index in [1.165, 1.54) is 25.7 Å². The third-order valence-corrected chi connectivity index (χ3v) is 2.08. The molecule has 0 spiro atoms. The fraction of sp³-hybridized carbons (Fsp3) is 0.900. The van der Waals surface area contributed by atoms with Crippen LogP contribution in [-0.2, 0) is 9.68 Å². The standard InChI is InChI=1S/C10H20O3.K/c1-2-3-4-5-6-7-8-9-10(11)13-12;/h12H,2-9H2,1H3;/q;+1/p-1. The number of rotatable bonds is 8. The summed E-state index contributed by atoms with van der Waals surface area (Å²) in [4.78, 5) is 13.7. The van der Waals surface area contributed by atoms with Gasteiger partial charge < -0.3 is 10.1 Å². The summed E-state index contributed by atoms with van der Waals surface area (Å²) in [7, 11) is 0. The second-order valence-electron chi connectivity index (χ2n) is 3.33. The van der Waals surface area contributed by atoms with Crippen molar-refractivity contribution in [1.29, 1.82) is 0 Å². The predicted octanol–water partition coefficient (Wildman–Crippen LogP) is -1.05. The Bertz CT molecular complexity index is 129. The molecule has 14 heavy (non-hydrogen) atoms. The van der Waals surface area contributed by atoms with Crippen molar-refractivity contribution in [2.45, 2.75) is 58.3 Å². The van der Waals surface area contributed by atoms with Gasteiger partial charge in [0, 0.05) is 6.42 Å². The average molecular weight is 226 g/mol. The fourth-order valence-corrected chi connectivity index (χ4v) is 1.27. The van der Waals surface area contributed by atoms with Crippen molar-refractivity contribution in [3.8, 4) is 0 Å². The van der Waals surface area contributed by atoms with E-state index in [4.69, 9.17) is 0 Å². The Morgan fingerprint density at radius 2 is 1.57 bits per heavy atom. The zero-order chi connectivity index (χ0) is 9.94. The van der Waals surface area contributed by atoms with Crippen LogP contribution in [-0.4, -0.2) is 5.97 Å². The Balaban J connectivity index is 0. The molecule has 0 radical (unpaired) electrons. The minimum Gasteiger partial charge on any atom is -0.662 e. The molecule has 0 aliphatic carbocycles. The largest absolute Gasteiger partial charge is 1.00 e. The van der Waals surface area contributed by atoms with E-state index in [-0.39, 0.29) is 57.8 Å². The van der Waals surface area contributed by atoms with Crippen LogP contribution < -0.4 is 56.6 Å². The van der Waals surface area contributed by atoms with Crippen LogP contribution in [0.25, 0.3) is 0 Å². The molecule has 0 aliphatic heterocycles. The number of carbonyl (C=O) groups excluding carboxylic acids is 1. The topological polar surface area (TPSA) is 49.4 Å². The second-order valence-corrected chi connectivity index (χ2v) is 3.33. The quantitative estimate of drug-likeness (QED) is 0.230. The Kier molecular flexibility index (Phi) is 17.5. The second kappa shape index (κ2) is 14.1. The number of hydrogen-bond donors (Lipinski definition) is 0. The van der Waals surface area contributed by atoms with Crippen molar-refractivity contribution >= 4 is 5.97 Å². The van der Waals surface area contributed by atoms with Gasteiger partial charge in [0.25, 0.3) is 5.97 Å². The van der Waals surface area contributed by atoms with E-state index < -0.39 is 5.97 Å². The van der Waals surface area contributed by atoms with Crippen molar-refractivity contribution in [2.24, 2.45) is 0 Å². The molecule has 0 bridgehead atoms. The van der Waals surface area contributed by atoms with Crippen molar-refractivity contribution in [3.05, 3.63) is 0 Å². The van der Waals surface area contributed by atoms with Gasteiger partial charge in [0.1, 0.15) is 0 Å². The van der Waals surface area contributed by atoms with Gasteiger partial charge >= 0.3 is 51.4 Å². The summed E-state index contributed by atoms with van der Waals surface area (Å²) in [5, 5.41) is 9.59. The van der Waals surface area contributed by atoms with Gasteiger partial charge in [-0.1, -0.05) is 45.4 Å². The molecule has 0 heterocycles. The molecule has 0 atom stereocenters. The first-order chi connectivity index (χ1) is 6.31. The first kappa shape index (κ1) is 17.5. The smallest absolute Gasteiger partial charge is 0.662 e. The molecule has 0 aromatic carbocycles. The monoisotopic (exact) mass is 226 g/mol. The fourth-order valence-electron chi connectivity index (χ4n) is 1.27. The van der Waals surface area contributed by atoms with Crippen LogP contribution in [0.15, 0.2) is 0 Å². The zero-order valence-electron chi connectivity index (χ0n) is 9.38. The van der Waals surface area contributed by atoms with Gasteiger partial charge in [0.15, 0.2) is 0 Å². The maximum absolute atomic E-state index is 10.4. The first-order valence-electron chi connectivity index (χ1n) is 5.14. The Morgan fingerprint density at radius 3 is 2.07 bits per heavy atom. The molecule has 0 saturated heterocycles. The van der Waals surface area contributed by atoms with E-state index >= 15 is 0 Å². The van der Waals surface area contributed by atoms with Crippen LogP contribution in [0.3, 0.4) is 0 Å². The van der Waals surface area contributed by atoms with Crippen LogP contribution in [0.5, 0.6) is 0 Å². The summed E-state index contributed by atoms with van der Waals surface area (Å²) in [5.74, 6) is -0.631. The summed E-state index contributed by atoms with van der Waals surface area (Å²) in [5.41, 5.74) is 0. The number of hydrogen-bond acceptors (Lipinski definition) is 3. The molecule has 78 valence electrons. The van der Waals surface area contributed by atoms with Gasteiger partial charge in [-0.3, -0.25) is 4.79 Å². The summed E-state index contributed by atoms with van der Waals surface area (Å²) >= 11 is 0. The Morgan fingerprint density at radius 1 is 1.07 bits per heavy atom. The molecule has 3 nitrogen and oxygen atoms in total. The van der Waals surface area contributed by atoms with Gasteiger partial charge in [-0.15, -0.1) is 0 Å². The third kappa shape index (κ3) is 13.1. The number of carbonyl (C=O) groups is 1. The molecule has 0 aromatic heterocycles. The maximum atomic E-state index is 10.4. The minimum absolute atomic E-state index is 0. The van der Waals surface area contributed by atoms with Crippen LogP contribution in [0.4, 0.5) is 0 Å². The van der Waals surface area contributed by atoms with E-state index in [9.17, 15) is 10.1 Å². The zero-order valence-corrected chi connectivity index (χ0v) is 12.5. The third-order valence-electron chi connectivity index (χ3n) is 2.08. The first-order valence-corrected chi connectivity index (χ1v) is 5.14. The van der Waals surface area contributed by atoms with E-state index in [2.05, 4.69) is 11.8 Å². The van der Waals surface area contributed by atoms with Crippen molar-refractivity contribution < 1.29 is 66.3 Å². The molecule has 4 heteroatoms. The summed E-state index contributed by atoms with van der Waals surface area (Å²) in [6.45, 7) is 2.18. The predicted molar refractivity (Wildman–Crippen MR) is 48.7 cm³/mol. The molecule has 0 saturated carbocycles. The van der Waals surface area contributed by atoms with E-state index in [1.54, 1.807) is 0 Å². The Labute approximate surface area is 129 Å².